The Morgan fingerprint density at radius 3 is 2.60 bits per heavy atom. The third-order valence-corrected chi connectivity index (χ3v) is 2.61. The quantitative estimate of drug-likeness (QED) is 0.850. The Morgan fingerprint density at radius 1 is 1.40 bits per heavy atom. The van der Waals surface area contributed by atoms with Crippen LogP contribution in [0.5, 0.6) is 0 Å². The monoisotopic (exact) mass is 344 g/mol. The number of rotatable bonds is 3. The van der Waals surface area contributed by atoms with Crippen LogP contribution in [-0.2, 0) is 9.47 Å². The van der Waals surface area contributed by atoms with E-state index in [4.69, 9.17) is 9.47 Å². The fourth-order valence-electron chi connectivity index (χ4n) is 1.25. The van der Waals surface area contributed by atoms with Crippen molar-refractivity contribution >= 4 is 33.7 Å². The lowest BCUT2D eigenvalue weighted by Gasteiger charge is -2.19. The first kappa shape index (κ1) is 16.4. The predicted molar refractivity (Wildman–Crippen MR) is 77.8 cm³/mol. The van der Waals surface area contributed by atoms with Gasteiger partial charge in [-0.3, -0.25) is 5.32 Å². The first-order valence-corrected chi connectivity index (χ1v) is 6.85. The van der Waals surface area contributed by atoms with E-state index in [1.54, 1.807) is 27.7 Å². The highest BCUT2D eigenvalue weighted by atomic mass is 79.9. The number of anilines is 1. The molecule has 0 aromatic carbocycles. The molecule has 1 amide bonds. The van der Waals surface area contributed by atoms with Crippen molar-refractivity contribution in [2.75, 3.05) is 11.9 Å². The van der Waals surface area contributed by atoms with Gasteiger partial charge in [-0.05, 0) is 49.7 Å². The third kappa shape index (κ3) is 5.16. The van der Waals surface area contributed by atoms with Crippen molar-refractivity contribution in [1.29, 1.82) is 0 Å². The molecule has 1 rings (SSSR count). The number of nitrogens with one attached hydrogen (secondary N) is 1. The molecule has 1 N–H and O–H groups in total. The number of hydrogen-bond donors (Lipinski definition) is 1. The fraction of sp³-hybridized carbons (Fsp3) is 0.462. The van der Waals surface area contributed by atoms with Gasteiger partial charge in [0.25, 0.3) is 0 Å². The first-order valence-electron chi connectivity index (χ1n) is 6.05. The largest absolute Gasteiger partial charge is 0.455 e. The Balaban J connectivity index is 2.91. The van der Waals surface area contributed by atoms with Crippen LogP contribution in [0.1, 0.15) is 38.2 Å². The van der Waals surface area contributed by atoms with Crippen molar-refractivity contribution in [3.05, 3.63) is 22.4 Å². The molecule has 0 atom stereocenters. The number of pyridine rings is 1. The van der Waals surface area contributed by atoms with Gasteiger partial charge < -0.3 is 9.47 Å². The van der Waals surface area contributed by atoms with Gasteiger partial charge in [0.1, 0.15) is 5.60 Å². The number of hydrogen-bond acceptors (Lipinski definition) is 5. The van der Waals surface area contributed by atoms with E-state index >= 15 is 0 Å². The highest BCUT2D eigenvalue weighted by Gasteiger charge is 2.20. The summed E-state index contributed by atoms with van der Waals surface area (Å²) in [6.45, 7) is 7.26. The number of esters is 1. The van der Waals surface area contributed by atoms with E-state index in [2.05, 4.69) is 26.2 Å². The highest BCUT2D eigenvalue weighted by molar-refractivity contribution is 9.10. The second-order valence-electron chi connectivity index (χ2n) is 4.90. The number of carbonyl (C=O) groups is 2. The van der Waals surface area contributed by atoms with Crippen molar-refractivity contribution in [1.82, 2.24) is 4.98 Å². The molecule has 110 valence electrons. The van der Waals surface area contributed by atoms with Gasteiger partial charge in [0.15, 0.2) is 5.69 Å². The molecule has 0 unspecified atom stereocenters. The zero-order valence-corrected chi connectivity index (χ0v) is 13.4. The molecule has 1 aromatic heterocycles. The predicted octanol–water partition coefficient (Wildman–Crippen LogP) is 3.37. The van der Waals surface area contributed by atoms with E-state index in [-0.39, 0.29) is 12.3 Å². The smallest absolute Gasteiger partial charge is 0.411 e. The molecule has 0 spiro atoms. The molecule has 0 radical (unpaired) electrons. The minimum absolute atomic E-state index is 0.106. The number of nitrogens with zero attached hydrogens (tertiary/aromatic N) is 1. The summed E-state index contributed by atoms with van der Waals surface area (Å²) < 4.78 is 10.5. The van der Waals surface area contributed by atoms with E-state index in [1.165, 1.54) is 12.3 Å². The molecule has 0 fully saturated rings. The fourth-order valence-corrected chi connectivity index (χ4v) is 1.57. The molecule has 20 heavy (non-hydrogen) atoms. The minimum Gasteiger partial charge on any atom is -0.455 e. The van der Waals surface area contributed by atoms with Crippen LogP contribution in [0.2, 0.25) is 0 Å². The molecule has 6 nitrogen and oxygen atoms in total. The summed E-state index contributed by atoms with van der Waals surface area (Å²) in [5, 5.41) is 2.51. The van der Waals surface area contributed by atoms with E-state index in [9.17, 15) is 9.59 Å². The van der Waals surface area contributed by atoms with E-state index in [0.29, 0.717) is 10.2 Å². The van der Waals surface area contributed by atoms with Gasteiger partial charge >= 0.3 is 12.1 Å². The molecule has 0 aliphatic carbocycles. The van der Waals surface area contributed by atoms with E-state index in [1.807, 2.05) is 0 Å². The number of carbonyl (C=O) groups excluding carboxylic acids is 2. The van der Waals surface area contributed by atoms with Crippen molar-refractivity contribution < 1.29 is 19.1 Å². The second kappa shape index (κ2) is 6.69. The lowest BCUT2D eigenvalue weighted by atomic mass is 10.2. The van der Waals surface area contributed by atoms with Crippen LogP contribution in [0.3, 0.4) is 0 Å². The number of halogens is 1. The van der Waals surface area contributed by atoms with Gasteiger partial charge in [0.2, 0.25) is 0 Å². The zero-order valence-electron chi connectivity index (χ0n) is 11.8. The summed E-state index contributed by atoms with van der Waals surface area (Å²) in [6.07, 6.45) is 0.815. The maximum atomic E-state index is 11.9. The summed E-state index contributed by atoms with van der Waals surface area (Å²) in [6, 6.07) is 1.43. The van der Waals surface area contributed by atoms with Gasteiger partial charge in [0.05, 0.1) is 16.8 Å². The molecule has 1 aromatic rings. The maximum absolute atomic E-state index is 11.9. The van der Waals surface area contributed by atoms with Gasteiger partial charge in [-0.1, -0.05) is 0 Å². The summed E-state index contributed by atoms with van der Waals surface area (Å²) in [7, 11) is 0. The van der Waals surface area contributed by atoms with Crippen LogP contribution in [0.25, 0.3) is 0 Å². The molecule has 0 saturated heterocycles. The number of aromatic nitrogens is 1. The minimum atomic E-state index is -0.611. The average molecular weight is 345 g/mol. The van der Waals surface area contributed by atoms with Crippen LogP contribution in [0, 0.1) is 0 Å². The molecule has 7 heteroatoms. The standard InChI is InChI=1S/C13H17BrN2O4/c1-5-19-12(18)16-9-6-10(15-7-8(9)14)11(17)20-13(2,3)4/h6-7H,5H2,1-4H3,(H,15,16,18). The van der Waals surface area contributed by atoms with E-state index < -0.39 is 17.7 Å². The number of ether oxygens (including phenoxy) is 2. The Hall–Kier alpha value is -1.63. The molecule has 0 aliphatic heterocycles. The van der Waals surface area contributed by atoms with Crippen molar-refractivity contribution in [3.8, 4) is 0 Å². The molecule has 1 heterocycles. The van der Waals surface area contributed by atoms with Gasteiger partial charge in [-0.15, -0.1) is 0 Å². The third-order valence-electron chi connectivity index (χ3n) is 1.98. The molecule has 0 saturated carbocycles. The van der Waals surface area contributed by atoms with Crippen LogP contribution in [0.4, 0.5) is 10.5 Å². The van der Waals surface area contributed by atoms with Crippen molar-refractivity contribution in [3.63, 3.8) is 0 Å². The van der Waals surface area contributed by atoms with Crippen LogP contribution in [-0.4, -0.2) is 29.3 Å². The Kier molecular flexibility index (Phi) is 5.50. The van der Waals surface area contributed by atoms with Gasteiger partial charge in [-0.2, -0.15) is 0 Å². The summed E-state index contributed by atoms with van der Waals surface area (Å²) in [5.74, 6) is -0.558. The Morgan fingerprint density at radius 2 is 2.05 bits per heavy atom. The van der Waals surface area contributed by atoms with Gasteiger partial charge in [-0.25, -0.2) is 14.6 Å². The Labute approximate surface area is 126 Å². The Bertz CT molecular complexity index is 512. The topological polar surface area (TPSA) is 77.5 Å². The molecular formula is C13H17BrN2O4. The normalized spacial score (nSPS) is 10.8. The van der Waals surface area contributed by atoms with Crippen LogP contribution in [0.15, 0.2) is 16.7 Å². The first-order chi connectivity index (χ1) is 9.23. The summed E-state index contributed by atoms with van der Waals surface area (Å²) in [4.78, 5) is 27.2. The zero-order chi connectivity index (χ0) is 15.3. The highest BCUT2D eigenvalue weighted by Crippen LogP contribution is 2.23. The summed E-state index contributed by atoms with van der Waals surface area (Å²) in [5.41, 5.74) is -0.116. The second-order valence-corrected chi connectivity index (χ2v) is 5.75. The van der Waals surface area contributed by atoms with E-state index in [0.717, 1.165) is 0 Å². The SMILES string of the molecule is CCOC(=O)Nc1cc(C(=O)OC(C)(C)C)ncc1Br. The lowest BCUT2D eigenvalue weighted by Crippen LogP contribution is -2.24. The van der Waals surface area contributed by atoms with Crippen LogP contribution < -0.4 is 5.32 Å². The lowest BCUT2D eigenvalue weighted by molar-refractivity contribution is 0.00627. The summed E-state index contributed by atoms with van der Waals surface area (Å²) >= 11 is 3.24. The molecule has 0 aliphatic rings. The van der Waals surface area contributed by atoms with Gasteiger partial charge in [0, 0.05) is 6.20 Å². The average Bonchev–Trinajstić information content (AvgIpc) is 2.30. The molecule has 0 bridgehead atoms. The van der Waals surface area contributed by atoms with Crippen molar-refractivity contribution in [2.24, 2.45) is 0 Å². The number of amides is 1. The van der Waals surface area contributed by atoms with Crippen LogP contribution >= 0.6 is 15.9 Å². The maximum Gasteiger partial charge on any atom is 0.411 e. The molecular weight excluding hydrogens is 328 g/mol. The van der Waals surface area contributed by atoms with Crippen molar-refractivity contribution in [2.45, 2.75) is 33.3 Å².